The second kappa shape index (κ2) is 4.89. The molecule has 2 aromatic rings. The van der Waals surface area contributed by atoms with E-state index in [-0.39, 0.29) is 0 Å². The van der Waals surface area contributed by atoms with Crippen LogP contribution in [0.1, 0.15) is 16.7 Å². The van der Waals surface area contributed by atoms with Crippen LogP contribution >= 0.6 is 15.9 Å². The Balaban J connectivity index is 2.73. The molecule has 1 heterocycles. The van der Waals surface area contributed by atoms with Gasteiger partial charge in [-0.05, 0) is 59.5 Å². The van der Waals surface area contributed by atoms with E-state index in [2.05, 4.69) is 40.9 Å². The van der Waals surface area contributed by atoms with Gasteiger partial charge < -0.3 is 10.5 Å². The molecule has 102 valence electrons. The zero-order valence-electron chi connectivity index (χ0n) is 11.8. The molecule has 0 bridgehead atoms. The third kappa shape index (κ3) is 2.12. The predicted octanol–water partition coefficient (Wildman–Crippen LogP) is 3.37. The molecule has 1 aromatic carbocycles. The van der Waals surface area contributed by atoms with Gasteiger partial charge in [0, 0.05) is 12.6 Å². The van der Waals surface area contributed by atoms with Gasteiger partial charge in [0.15, 0.2) is 0 Å². The van der Waals surface area contributed by atoms with Crippen molar-refractivity contribution in [2.75, 3.05) is 12.8 Å². The molecule has 4 nitrogen and oxygen atoms in total. The summed E-state index contributed by atoms with van der Waals surface area (Å²) in [5.74, 6) is 1.56. The number of methoxy groups -OCH3 is 1. The van der Waals surface area contributed by atoms with Crippen LogP contribution in [0, 0.1) is 20.8 Å². The molecule has 0 aliphatic heterocycles. The van der Waals surface area contributed by atoms with Gasteiger partial charge in [0.05, 0.1) is 11.6 Å². The number of hydrogen-bond acceptors (Lipinski definition) is 3. The van der Waals surface area contributed by atoms with E-state index < -0.39 is 0 Å². The molecular formula is C14H18BrN3O. The lowest BCUT2D eigenvalue weighted by Gasteiger charge is -2.14. The predicted molar refractivity (Wildman–Crippen MR) is 81.5 cm³/mol. The van der Waals surface area contributed by atoms with E-state index in [0.717, 1.165) is 38.2 Å². The van der Waals surface area contributed by atoms with E-state index >= 15 is 0 Å². The Morgan fingerprint density at radius 2 is 1.89 bits per heavy atom. The summed E-state index contributed by atoms with van der Waals surface area (Å²) in [4.78, 5) is 0. The van der Waals surface area contributed by atoms with Crippen LogP contribution in [0.4, 0.5) is 5.82 Å². The molecule has 0 saturated carbocycles. The zero-order chi connectivity index (χ0) is 14.3. The van der Waals surface area contributed by atoms with Crippen molar-refractivity contribution < 1.29 is 4.74 Å². The second-order valence-electron chi connectivity index (χ2n) is 4.70. The first-order chi connectivity index (χ1) is 8.88. The number of hydrogen-bond donors (Lipinski definition) is 1. The molecule has 1 aromatic heterocycles. The van der Waals surface area contributed by atoms with Crippen molar-refractivity contribution in [2.45, 2.75) is 20.8 Å². The Morgan fingerprint density at radius 1 is 1.26 bits per heavy atom. The van der Waals surface area contributed by atoms with Gasteiger partial charge in [0.1, 0.15) is 17.3 Å². The van der Waals surface area contributed by atoms with Gasteiger partial charge in [-0.1, -0.05) is 0 Å². The Hall–Kier alpha value is -1.49. The van der Waals surface area contributed by atoms with Crippen molar-refractivity contribution in [3.63, 3.8) is 0 Å². The zero-order valence-corrected chi connectivity index (χ0v) is 13.4. The second-order valence-corrected chi connectivity index (χ2v) is 5.49. The van der Waals surface area contributed by atoms with Crippen molar-refractivity contribution in [3.05, 3.63) is 27.2 Å². The van der Waals surface area contributed by atoms with E-state index in [0.29, 0.717) is 5.82 Å². The Morgan fingerprint density at radius 3 is 2.37 bits per heavy atom. The summed E-state index contributed by atoms with van der Waals surface area (Å²) < 4.78 is 7.95. The molecule has 19 heavy (non-hydrogen) atoms. The maximum absolute atomic E-state index is 5.95. The summed E-state index contributed by atoms with van der Waals surface area (Å²) in [6.07, 6.45) is 0. The van der Waals surface area contributed by atoms with Crippen LogP contribution in [-0.4, -0.2) is 16.9 Å². The smallest absolute Gasteiger partial charge is 0.136 e. The number of nitrogens with two attached hydrogens (primary N) is 1. The van der Waals surface area contributed by atoms with Crippen LogP contribution in [0.25, 0.3) is 11.3 Å². The van der Waals surface area contributed by atoms with E-state index in [1.54, 1.807) is 11.8 Å². The van der Waals surface area contributed by atoms with Gasteiger partial charge >= 0.3 is 0 Å². The van der Waals surface area contributed by atoms with Crippen LogP contribution in [0.15, 0.2) is 10.5 Å². The Bertz CT molecular complexity index is 647. The normalized spacial score (nSPS) is 10.8. The van der Waals surface area contributed by atoms with Gasteiger partial charge in [-0.25, -0.2) is 0 Å². The monoisotopic (exact) mass is 323 g/mol. The summed E-state index contributed by atoms with van der Waals surface area (Å²) >= 11 is 3.52. The fourth-order valence-electron chi connectivity index (χ4n) is 2.30. The first-order valence-electron chi connectivity index (χ1n) is 6.01. The van der Waals surface area contributed by atoms with Gasteiger partial charge in [0.2, 0.25) is 0 Å². The van der Waals surface area contributed by atoms with Crippen molar-refractivity contribution in [3.8, 4) is 17.0 Å². The maximum Gasteiger partial charge on any atom is 0.136 e. The highest BCUT2D eigenvalue weighted by atomic mass is 79.9. The average molecular weight is 324 g/mol. The molecular weight excluding hydrogens is 306 g/mol. The highest BCUT2D eigenvalue weighted by Gasteiger charge is 2.18. The molecule has 0 amide bonds. The number of aryl methyl sites for hydroxylation is 2. The van der Waals surface area contributed by atoms with Crippen molar-refractivity contribution in [1.82, 2.24) is 9.78 Å². The highest BCUT2D eigenvalue weighted by Crippen LogP contribution is 2.38. The van der Waals surface area contributed by atoms with Gasteiger partial charge in [-0.3, -0.25) is 4.68 Å². The minimum absolute atomic E-state index is 0.625. The number of anilines is 1. The molecule has 5 heteroatoms. The van der Waals surface area contributed by atoms with Crippen LogP contribution in [0.2, 0.25) is 0 Å². The molecule has 2 N–H and O–H groups in total. The van der Waals surface area contributed by atoms with Crippen LogP contribution in [-0.2, 0) is 7.05 Å². The molecule has 0 atom stereocenters. The number of ether oxygens (including phenoxy) is 1. The molecule has 0 aliphatic carbocycles. The lowest BCUT2D eigenvalue weighted by molar-refractivity contribution is 0.408. The SMILES string of the molecule is COc1c(C)cc(-c2nn(C)c(N)c2Br)c(C)c1C. The van der Waals surface area contributed by atoms with Crippen molar-refractivity contribution >= 4 is 21.7 Å². The number of rotatable bonds is 2. The highest BCUT2D eigenvalue weighted by molar-refractivity contribution is 9.10. The summed E-state index contributed by atoms with van der Waals surface area (Å²) in [5, 5.41) is 4.48. The van der Waals surface area contributed by atoms with E-state index in [4.69, 9.17) is 10.5 Å². The van der Waals surface area contributed by atoms with Crippen LogP contribution in [0.5, 0.6) is 5.75 Å². The number of halogens is 1. The van der Waals surface area contributed by atoms with Crippen LogP contribution in [0.3, 0.4) is 0 Å². The molecule has 0 unspecified atom stereocenters. The van der Waals surface area contributed by atoms with Crippen molar-refractivity contribution in [2.24, 2.45) is 7.05 Å². The van der Waals surface area contributed by atoms with Gasteiger partial charge in [-0.15, -0.1) is 0 Å². The largest absolute Gasteiger partial charge is 0.496 e. The Kier molecular flexibility index (Phi) is 3.58. The fourth-order valence-corrected chi connectivity index (χ4v) is 2.85. The topological polar surface area (TPSA) is 53.1 Å². The lowest BCUT2D eigenvalue weighted by Crippen LogP contribution is -1.98. The molecule has 0 saturated heterocycles. The summed E-state index contributed by atoms with van der Waals surface area (Å²) in [5.41, 5.74) is 11.3. The third-order valence-electron chi connectivity index (χ3n) is 3.52. The first-order valence-corrected chi connectivity index (χ1v) is 6.80. The van der Waals surface area contributed by atoms with Gasteiger partial charge in [-0.2, -0.15) is 5.10 Å². The van der Waals surface area contributed by atoms with Gasteiger partial charge in [0.25, 0.3) is 0 Å². The average Bonchev–Trinajstić information content (AvgIpc) is 2.62. The van der Waals surface area contributed by atoms with Crippen LogP contribution < -0.4 is 10.5 Å². The summed E-state index contributed by atoms with van der Waals surface area (Å²) in [6.45, 7) is 6.17. The summed E-state index contributed by atoms with van der Waals surface area (Å²) in [7, 11) is 3.53. The molecule has 0 radical (unpaired) electrons. The first kappa shape index (κ1) is 13.9. The van der Waals surface area contributed by atoms with E-state index in [9.17, 15) is 0 Å². The molecule has 2 rings (SSSR count). The molecule has 0 spiro atoms. The maximum atomic E-state index is 5.95. The Labute approximate surface area is 121 Å². The minimum atomic E-state index is 0.625. The third-order valence-corrected chi connectivity index (χ3v) is 4.30. The number of benzene rings is 1. The molecule has 0 fully saturated rings. The number of nitrogen functional groups attached to an aromatic ring is 1. The number of aromatic nitrogens is 2. The molecule has 0 aliphatic rings. The minimum Gasteiger partial charge on any atom is -0.496 e. The summed E-state index contributed by atoms with van der Waals surface area (Å²) in [6, 6.07) is 2.09. The standard InChI is InChI=1S/C14H18BrN3O/c1-7-6-10(8(2)9(3)13(7)19-5)12-11(15)14(16)18(4)17-12/h6H,16H2,1-5H3. The lowest BCUT2D eigenvalue weighted by atomic mass is 9.96. The quantitative estimate of drug-likeness (QED) is 0.921. The van der Waals surface area contributed by atoms with E-state index in [1.165, 1.54) is 0 Å². The fraction of sp³-hybridized carbons (Fsp3) is 0.357. The number of nitrogens with zero attached hydrogens (tertiary/aromatic N) is 2. The van der Waals surface area contributed by atoms with E-state index in [1.807, 2.05) is 14.0 Å². The van der Waals surface area contributed by atoms with Crippen molar-refractivity contribution in [1.29, 1.82) is 0 Å².